The van der Waals surface area contributed by atoms with E-state index >= 15 is 0 Å². The monoisotopic (exact) mass is 358 g/mol. The van der Waals surface area contributed by atoms with Crippen LogP contribution in [0.1, 0.15) is 45.4 Å². The Labute approximate surface area is 153 Å². The van der Waals surface area contributed by atoms with E-state index in [1.165, 1.54) is 19.3 Å². The summed E-state index contributed by atoms with van der Waals surface area (Å²) in [4.78, 5) is 23.8. The van der Waals surface area contributed by atoms with Crippen LogP contribution in [0.2, 0.25) is 0 Å². The van der Waals surface area contributed by atoms with Crippen LogP contribution in [0.15, 0.2) is 24.3 Å². The maximum absolute atomic E-state index is 12.5. The summed E-state index contributed by atoms with van der Waals surface area (Å²) >= 11 is 0. The van der Waals surface area contributed by atoms with Crippen molar-refractivity contribution in [3.8, 4) is 5.75 Å². The first-order valence-corrected chi connectivity index (χ1v) is 9.57. The van der Waals surface area contributed by atoms with E-state index in [1.54, 1.807) is 31.2 Å². The average Bonchev–Trinajstić information content (AvgIpc) is 2.55. The van der Waals surface area contributed by atoms with Crippen molar-refractivity contribution in [2.24, 2.45) is 17.8 Å². The fraction of sp³-hybridized carbons (Fsp3) is 0.600. The van der Waals surface area contributed by atoms with Crippen LogP contribution < -0.4 is 15.4 Å². The van der Waals surface area contributed by atoms with Gasteiger partial charge in [-0.3, -0.25) is 0 Å². The lowest BCUT2D eigenvalue weighted by atomic mass is 9.53. The van der Waals surface area contributed by atoms with Crippen molar-refractivity contribution in [3.63, 3.8) is 0 Å². The van der Waals surface area contributed by atoms with Gasteiger partial charge in [-0.05, 0) is 87.5 Å². The molecule has 0 unspecified atom stereocenters. The minimum atomic E-state index is -0.729. The van der Waals surface area contributed by atoms with Crippen LogP contribution in [0.5, 0.6) is 5.75 Å². The van der Waals surface area contributed by atoms with Gasteiger partial charge < -0.3 is 20.1 Å². The molecule has 4 aliphatic rings. The molecule has 4 fully saturated rings. The van der Waals surface area contributed by atoms with Gasteiger partial charge >= 0.3 is 12.2 Å². The Balaban J connectivity index is 1.33. The fourth-order valence-corrected chi connectivity index (χ4v) is 5.52. The van der Waals surface area contributed by atoms with E-state index < -0.39 is 6.16 Å². The zero-order valence-electron chi connectivity index (χ0n) is 15.1. The summed E-state index contributed by atoms with van der Waals surface area (Å²) in [6.07, 6.45) is 6.70. The lowest BCUT2D eigenvalue weighted by Crippen LogP contribution is -2.60. The molecule has 26 heavy (non-hydrogen) atoms. The molecule has 0 radical (unpaired) electrons. The maximum Gasteiger partial charge on any atom is 0.513 e. The standard InChI is InChI=1S/C20H26N2O4/c1-2-25-19(24)26-17-5-3-16(4-6-17)21-18(23)22-20-10-13-7-14(11-20)9-15(8-13)12-20/h3-6,13-15H,2,7-12H2,1H3,(H2,21,22,23). The van der Waals surface area contributed by atoms with E-state index in [1.807, 2.05) is 0 Å². The average molecular weight is 358 g/mol. The topological polar surface area (TPSA) is 76.7 Å². The third kappa shape index (κ3) is 3.64. The molecule has 5 rings (SSSR count). The Bertz CT molecular complexity index is 650. The molecule has 2 N–H and O–H groups in total. The molecule has 6 nitrogen and oxygen atoms in total. The van der Waals surface area contributed by atoms with Crippen LogP contribution in [-0.2, 0) is 4.74 Å². The van der Waals surface area contributed by atoms with Gasteiger partial charge in [-0.25, -0.2) is 9.59 Å². The number of benzene rings is 1. The molecule has 0 aromatic heterocycles. The van der Waals surface area contributed by atoms with Gasteiger partial charge in [-0.1, -0.05) is 0 Å². The number of anilines is 1. The van der Waals surface area contributed by atoms with E-state index in [2.05, 4.69) is 10.6 Å². The van der Waals surface area contributed by atoms with Gasteiger partial charge in [0.25, 0.3) is 0 Å². The van der Waals surface area contributed by atoms with E-state index in [4.69, 9.17) is 9.47 Å². The molecular weight excluding hydrogens is 332 g/mol. The third-order valence-corrected chi connectivity index (χ3v) is 5.99. The zero-order chi connectivity index (χ0) is 18.1. The van der Waals surface area contributed by atoms with E-state index in [-0.39, 0.29) is 18.2 Å². The molecule has 0 spiro atoms. The van der Waals surface area contributed by atoms with Crippen LogP contribution in [0.4, 0.5) is 15.3 Å². The predicted molar refractivity (Wildman–Crippen MR) is 97.1 cm³/mol. The predicted octanol–water partition coefficient (Wildman–Crippen LogP) is 4.31. The number of rotatable bonds is 4. The van der Waals surface area contributed by atoms with Crippen molar-refractivity contribution >= 4 is 17.9 Å². The molecule has 2 amide bonds. The first kappa shape index (κ1) is 17.2. The molecule has 4 bridgehead atoms. The van der Waals surface area contributed by atoms with Crippen LogP contribution in [0, 0.1) is 17.8 Å². The summed E-state index contributed by atoms with van der Waals surface area (Å²) in [5.74, 6) is 2.76. The van der Waals surface area contributed by atoms with Crippen molar-refractivity contribution in [1.29, 1.82) is 0 Å². The number of urea groups is 1. The molecule has 0 aliphatic heterocycles. The summed E-state index contributed by atoms with van der Waals surface area (Å²) in [6.45, 7) is 1.99. The highest BCUT2D eigenvalue weighted by Gasteiger charge is 2.51. The van der Waals surface area contributed by atoms with E-state index in [0.717, 1.165) is 37.0 Å². The Hall–Kier alpha value is -2.24. The molecule has 0 heterocycles. The first-order chi connectivity index (χ1) is 12.5. The van der Waals surface area contributed by atoms with Crippen molar-refractivity contribution in [3.05, 3.63) is 24.3 Å². The number of hydrogen-bond acceptors (Lipinski definition) is 4. The zero-order valence-corrected chi connectivity index (χ0v) is 15.1. The quantitative estimate of drug-likeness (QED) is 0.621. The summed E-state index contributed by atoms with van der Waals surface area (Å²) in [6, 6.07) is 6.56. The van der Waals surface area contributed by atoms with Gasteiger partial charge in [-0.15, -0.1) is 0 Å². The molecule has 0 atom stereocenters. The second-order valence-electron chi connectivity index (χ2n) is 8.09. The first-order valence-electron chi connectivity index (χ1n) is 9.57. The molecule has 140 valence electrons. The SMILES string of the molecule is CCOC(=O)Oc1ccc(NC(=O)NC23CC4CC(CC(C4)C2)C3)cc1. The molecule has 0 saturated heterocycles. The van der Waals surface area contributed by atoms with Crippen LogP contribution in [0.3, 0.4) is 0 Å². The lowest BCUT2D eigenvalue weighted by molar-refractivity contribution is -0.0127. The highest BCUT2D eigenvalue weighted by Crippen LogP contribution is 2.55. The van der Waals surface area contributed by atoms with Gasteiger partial charge in [-0.2, -0.15) is 0 Å². The van der Waals surface area contributed by atoms with E-state index in [9.17, 15) is 9.59 Å². The van der Waals surface area contributed by atoms with Gasteiger partial charge in [0.2, 0.25) is 0 Å². The van der Waals surface area contributed by atoms with Gasteiger partial charge in [0, 0.05) is 11.2 Å². The van der Waals surface area contributed by atoms with Crippen LogP contribution >= 0.6 is 0 Å². The molecule has 1 aromatic rings. The van der Waals surface area contributed by atoms with Crippen LogP contribution in [-0.4, -0.2) is 24.3 Å². The summed E-state index contributed by atoms with van der Waals surface area (Å²) < 4.78 is 9.75. The van der Waals surface area contributed by atoms with Gasteiger partial charge in [0.1, 0.15) is 5.75 Å². The molecular formula is C20H26N2O4. The van der Waals surface area contributed by atoms with E-state index in [0.29, 0.717) is 11.4 Å². The number of ether oxygens (including phenoxy) is 2. The van der Waals surface area contributed by atoms with Gasteiger partial charge in [0.15, 0.2) is 0 Å². The fourth-order valence-electron chi connectivity index (χ4n) is 5.52. The Kier molecular flexibility index (Phi) is 4.51. The minimum Gasteiger partial charge on any atom is -0.434 e. The normalized spacial score (nSPS) is 31.3. The number of amides is 2. The van der Waals surface area contributed by atoms with Crippen LogP contribution in [0.25, 0.3) is 0 Å². The highest BCUT2D eigenvalue weighted by atomic mass is 16.7. The Morgan fingerprint density at radius 2 is 1.62 bits per heavy atom. The summed E-state index contributed by atoms with van der Waals surface area (Å²) in [5, 5.41) is 6.18. The third-order valence-electron chi connectivity index (χ3n) is 5.99. The summed E-state index contributed by atoms with van der Waals surface area (Å²) in [5.41, 5.74) is 0.662. The molecule has 4 aliphatic carbocycles. The minimum absolute atomic E-state index is 0.00814. The Morgan fingerprint density at radius 3 is 2.15 bits per heavy atom. The van der Waals surface area contributed by atoms with Crippen molar-refractivity contribution < 1.29 is 19.1 Å². The second kappa shape index (κ2) is 6.82. The molecule has 1 aromatic carbocycles. The van der Waals surface area contributed by atoms with Crippen molar-refractivity contribution in [2.45, 2.75) is 51.0 Å². The number of hydrogen-bond donors (Lipinski definition) is 2. The maximum atomic E-state index is 12.5. The number of carbonyl (C=O) groups is 2. The second-order valence-corrected chi connectivity index (χ2v) is 8.09. The lowest BCUT2D eigenvalue weighted by Gasteiger charge is -2.56. The molecule has 4 saturated carbocycles. The largest absolute Gasteiger partial charge is 0.513 e. The smallest absolute Gasteiger partial charge is 0.434 e. The summed E-state index contributed by atoms with van der Waals surface area (Å²) in [7, 11) is 0. The van der Waals surface area contributed by atoms with Crippen molar-refractivity contribution in [2.75, 3.05) is 11.9 Å². The number of nitrogens with one attached hydrogen (secondary N) is 2. The number of carbonyl (C=O) groups excluding carboxylic acids is 2. The van der Waals surface area contributed by atoms with Gasteiger partial charge in [0.05, 0.1) is 6.61 Å². The molecule has 6 heteroatoms. The Morgan fingerprint density at radius 1 is 1.04 bits per heavy atom. The van der Waals surface area contributed by atoms with Crippen molar-refractivity contribution in [1.82, 2.24) is 5.32 Å². The highest BCUT2D eigenvalue weighted by molar-refractivity contribution is 5.89.